The van der Waals surface area contributed by atoms with Crippen molar-refractivity contribution in [1.29, 1.82) is 5.26 Å². The van der Waals surface area contributed by atoms with Gasteiger partial charge in [-0.2, -0.15) is 10.4 Å². The summed E-state index contributed by atoms with van der Waals surface area (Å²) in [6.45, 7) is 6.54. The maximum absolute atomic E-state index is 8.85. The first kappa shape index (κ1) is 15.0. The van der Waals surface area contributed by atoms with Gasteiger partial charge in [0.25, 0.3) is 0 Å². The second-order valence-corrected chi connectivity index (χ2v) is 5.42. The Balaban J connectivity index is 2.16. The molecule has 1 aromatic carbocycles. The molecule has 0 amide bonds. The molecule has 1 heterocycles. The third kappa shape index (κ3) is 4.32. The molecule has 5 heteroatoms. The van der Waals surface area contributed by atoms with Crippen LogP contribution < -0.4 is 4.90 Å². The molecule has 0 unspecified atom stereocenters. The predicted molar refractivity (Wildman–Crippen MR) is 82.6 cm³/mol. The molecule has 110 valence electrons. The SMILES string of the molecule is CC(C)Cn1ncnc1CN(CCC#N)c1ccccc1. The van der Waals surface area contributed by atoms with Crippen molar-refractivity contribution in [3.63, 3.8) is 0 Å². The van der Waals surface area contributed by atoms with Crippen LogP contribution in [0.1, 0.15) is 26.1 Å². The average molecular weight is 283 g/mol. The van der Waals surface area contributed by atoms with Crippen LogP contribution in [0.4, 0.5) is 5.69 Å². The van der Waals surface area contributed by atoms with Crippen LogP contribution in [0.3, 0.4) is 0 Å². The Kier molecular flexibility index (Phi) is 5.33. The molecule has 0 fully saturated rings. The fourth-order valence-electron chi connectivity index (χ4n) is 2.20. The van der Waals surface area contributed by atoms with Crippen molar-refractivity contribution >= 4 is 5.69 Å². The van der Waals surface area contributed by atoms with Crippen LogP contribution >= 0.6 is 0 Å². The fourth-order valence-corrected chi connectivity index (χ4v) is 2.20. The number of para-hydroxylation sites is 1. The summed E-state index contributed by atoms with van der Waals surface area (Å²) >= 11 is 0. The summed E-state index contributed by atoms with van der Waals surface area (Å²) in [7, 11) is 0. The van der Waals surface area contributed by atoms with Gasteiger partial charge >= 0.3 is 0 Å². The summed E-state index contributed by atoms with van der Waals surface area (Å²) in [6, 6.07) is 12.3. The second kappa shape index (κ2) is 7.44. The molecule has 0 radical (unpaired) electrons. The van der Waals surface area contributed by atoms with Crippen molar-refractivity contribution in [2.45, 2.75) is 33.4 Å². The van der Waals surface area contributed by atoms with Gasteiger partial charge < -0.3 is 4.90 Å². The van der Waals surface area contributed by atoms with E-state index in [4.69, 9.17) is 5.26 Å². The zero-order chi connectivity index (χ0) is 15.1. The Labute approximate surface area is 125 Å². The van der Waals surface area contributed by atoms with E-state index in [1.165, 1.54) is 0 Å². The van der Waals surface area contributed by atoms with E-state index >= 15 is 0 Å². The summed E-state index contributed by atoms with van der Waals surface area (Å²) in [5.41, 5.74) is 1.10. The predicted octanol–water partition coefficient (Wildman–Crippen LogP) is 2.85. The van der Waals surface area contributed by atoms with Gasteiger partial charge in [-0.3, -0.25) is 0 Å². The summed E-state index contributed by atoms with van der Waals surface area (Å²) in [6.07, 6.45) is 2.10. The molecule has 2 aromatic rings. The molecule has 0 saturated heterocycles. The van der Waals surface area contributed by atoms with E-state index in [1.807, 2.05) is 22.9 Å². The second-order valence-electron chi connectivity index (χ2n) is 5.42. The smallest absolute Gasteiger partial charge is 0.146 e. The molecule has 0 spiro atoms. The first-order valence-electron chi connectivity index (χ1n) is 7.24. The molecular formula is C16H21N5. The Hall–Kier alpha value is -2.35. The number of nitrogens with zero attached hydrogens (tertiary/aromatic N) is 5. The molecule has 0 bridgehead atoms. The van der Waals surface area contributed by atoms with Crippen LogP contribution in [0.2, 0.25) is 0 Å². The van der Waals surface area contributed by atoms with Gasteiger partial charge in [-0.25, -0.2) is 9.67 Å². The van der Waals surface area contributed by atoms with Crippen LogP contribution in [-0.4, -0.2) is 21.3 Å². The largest absolute Gasteiger partial charge is 0.363 e. The zero-order valence-corrected chi connectivity index (χ0v) is 12.6. The highest BCUT2D eigenvalue weighted by Gasteiger charge is 2.12. The van der Waals surface area contributed by atoms with Gasteiger partial charge in [-0.15, -0.1) is 0 Å². The third-order valence-electron chi connectivity index (χ3n) is 3.18. The molecule has 0 saturated carbocycles. The molecule has 0 aliphatic carbocycles. The van der Waals surface area contributed by atoms with E-state index in [1.54, 1.807) is 6.33 Å². The van der Waals surface area contributed by atoms with Gasteiger partial charge in [0.15, 0.2) is 0 Å². The van der Waals surface area contributed by atoms with Crippen LogP contribution in [0.25, 0.3) is 0 Å². The third-order valence-corrected chi connectivity index (χ3v) is 3.18. The molecule has 21 heavy (non-hydrogen) atoms. The van der Waals surface area contributed by atoms with Crippen LogP contribution in [-0.2, 0) is 13.1 Å². The lowest BCUT2D eigenvalue weighted by molar-refractivity contribution is 0.464. The maximum Gasteiger partial charge on any atom is 0.146 e. The summed E-state index contributed by atoms with van der Waals surface area (Å²) in [5.74, 6) is 1.46. The number of hydrogen-bond donors (Lipinski definition) is 0. The average Bonchev–Trinajstić information content (AvgIpc) is 2.90. The lowest BCUT2D eigenvalue weighted by Crippen LogP contribution is -2.26. The molecule has 0 aliphatic heterocycles. The maximum atomic E-state index is 8.85. The highest BCUT2D eigenvalue weighted by Crippen LogP contribution is 2.16. The van der Waals surface area contributed by atoms with Crippen LogP contribution in [0.5, 0.6) is 0 Å². The summed E-state index contributed by atoms with van der Waals surface area (Å²) in [5, 5.41) is 13.1. The van der Waals surface area contributed by atoms with Crippen molar-refractivity contribution in [3.8, 4) is 6.07 Å². The summed E-state index contributed by atoms with van der Waals surface area (Å²) in [4.78, 5) is 6.54. The molecular weight excluding hydrogens is 262 g/mol. The van der Waals surface area contributed by atoms with E-state index < -0.39 is 0 Å². The Bertz CT molecular complexity index is 582. The van der Waals surface area contributed by atoms with Gasteiger partial charge in [0.2, 0.25) is 0 Å². The van der Waals surface area contributed by atoms with Crippen molar-refractivity contribution in [2.24, 2.45) is 5.92 Å². The number of aromatic nitrogens is 3. The van der Waals surface area contributed by atoms with Gasteiger partial charge in [0.1, 0.15) is 12.2 Å². The highest BCUT2D eigenvalue weighted by atomic mass is 15.3. The van der Waals surface area contributed by atoms with E-state index in [0.29, 0.717) is 25.4 Å². The molecule has 0 atom stereocenters. The minimum Gasteiger partial charge on any atom is -0.363 e. The molecule has 0 aliphatic rings. The lowest BCUT2D eigenvalue weighted by atomic mass is 10.2. The first-order chi connectivity index (χ1) is 10.2. The Morgan fingerprint density at radius 1 is 1.29 bits per heavy atom. The van der Waals surface area contributed by atoms with Gasteiger partial charge in [-0.1, -0.05) is 32.0 Å². The van der Waals surface area contributed by atoms with E-state index in [2.05, 4.69) is 47.0 Å². The van der Waals surface area contributed by atoms with E-state index in [9.17, 15) is 0 Å². The minimum absolute atomic E-state index is 0.493. The molecule has 2 rings (SSSR count). The Morgan fingerprint density at radius 3 is 2.71 bits per heavy atom. The monoisotopic (exact) mass is 283 g/mol. The van der Waals surface area contributed by atoms with Crippen molar-refractivity contribution < 1.29 is 0 Å². The first-order valence-corrected chi connectivity index (χ1v) is 7.24. The minimum atomic E-state index is 0.493. The van der Waals surface area contributed by atoms with Gasteiger partial charge in [-0.05, 0) is 18.1 Å². The van der Waals surface area contributed by atoms with Crippen LogP contribution in [0, 0.1) is 17.2 Å². The topological polar surface area (TPSA) is 57.7 Å². The molecule has 5 nitrogen and oxygen atoms in total. The molecule has 0 N–H and O–H groups in total. The quantitative estimate of drug-likeness (QED) is 0.784. The fraction of sp³-hybridized carbons (Fsp3) is 0.438. The number of rotatable bonds is 7. The summed E-state index contributed by atoms with van der Waals surface area (Å²) < 4.78 is 1.95. The normalized spacial score (nSPS) is 10.6. The van der Waals surface area contributed by atoms with Crippen molar-refractivity contribution in [2.75, 3.05) is 11.4 Å². The van der Waals surface area contributed by atoms with E-state index in [-0.39, 0.29) is 0 Å². The zero-order valence-electron chi connectivity index (χ0n) is 12.6. The number of nitriles is 1. The number of anilines is 1. The van der Waals surface area contributed by atoms with Crippen molar-refractivity contribution in [3.05, 3.63) is 42.5 Å². The van der Waals surface area contributed by atoms with Gasteiger partial charge in [0, 0.05) is 18.8 Å². The van der Waals surface area contributed by atoms with Gasteiger partial charge in [0.05, 0.1) is 19.0 Å². The number of hydrogen-bond acceptors (Lipinski definition) is 4. The standard InChI is InChI=1S/C16H21N5/c1-14(2)11-21-16(18-13-19-21)12-20(10-6-9-17)15-7-4-3-5-8-15/h3-5,7-8,13-14H,6,10-12H2,1-2H3. The van der Waals surface area contributed by atoms with E-state index in [0.717, 1.165) is 18.1 Å². The lowest BCUT2D eigenvalue weighted by Gasteiger charge is -2.23. The Morgan fingerprint density at radius 2 is 2.05 bits per heavy atom. The van der Waals surface area contributed by atoms with Crippen LogP contribution in [0.15, 0.2) is 36.7 Å². The highest BCUT2D eigenvalue weighted by molar-refractivity contribution is 5.46. The van der Waals surface area contributed by atoms with Crippen molar-refractivity contribution in [1.82, 2.24) is 14.8 Å². The number of benzene rings is 1. The molecule has 1 aromatic heterocycles.